The number of hydrogen-bond donors (Lipinski definition) is 0. The van der Waals surface area contributed by atoms with E-state index in [0.717, 1.165) is 16.7 Å². The average Bonchev–Trinajstić information content (AvgIpc) is 2.63. The normalized spacial score (nSPS) is 10.5. The number of rotatable bonds is 6. The summed E-state index contributed by atoms with van der Waals surface area (Å²) in [6.45, 7) is 12.3. The topological polar surface area (TPSA) is 52.6 Å². The van der Waals surface area contributed by atoms with Crippen LogP contribution in [0.3, 0.4) is 0 Å². The molecule has 4 nitrogen and oxygen atoms in total. The molecule has 27 heavy (non-hydrogen) atoms. The number of benzene rings is 2. The molecular weight excluding hydrogens is 340 g/mol. The fourth-order valence-corrected chi connectivity index (χ4v) is 2.28. The molecule has 0 aliphatic heterocycles. The largest absolute Gasteiger partial charge is 0.423 e. The van der Waals surface area contributed by atoms with Crippen LogP contribution in [0.2, 0.25) is 0 Å². The number of hydrogen-bond acceptors (Lipinski definition) is 4. The first kappa shape index (κ1) is 19.9. The van der Waals surface area contributed by atoms with E-state index in [1.807, 2.05) is 37.3 Å². The monoisotopic (exact) mass is 362 g/mol. The van der Waals surface area contributed by atoms with Crippen molar-refractivity contribution in [2.75, 3.05) is 0 Å². The van der Waals surface area contributed by atoms with Gasteiger partial charge in [0.15, 0.2) is 0 Å². The van der Waals surface area contributed by atoms with Gasteiger partial charge >= 0.3 is 11.9 Å². The average molecular weight is 362 g/mol. The second-order valence-electron chi connectivity index (χ2n) is 6.11. The van der Waals surface area contributed by atoms with Crippen molar-refractivity contribution in [3.05, 3.63) is 78.4 Å². The van der Waals surface area contributed by atoms with Gasteiger partial charge in [0.05, 0.1) is 0 Å². The van der Waals surface area contributed by atoms with Gasteiger partial charge in [-0.3, -0.25) is 0 Å². The predicted octanol–water partition coefficient (Wildman–Crippen LogP) is 5.35. The van der Waals surface area contributed by atoms with Crippen LogP contribution < -0.4 is 9.47 Å². The van der Waals surface area contributed by atoms with Crippen molar-refractivity contribution < 1.29 is 19.1 Å². The molecule has 2 aromatic rings. The smallest absolute Gasteiger partial charge is 0.338 e. The summed E-state index contributed by atoms with van der Waals surface area (Å²) in [6, 6.07) is 12.6. The molecule has 4 heteroatoms. The van der Waals surface area contributed by atoms with Gasteiger partial charge in [-0.15, -0.1) is 0 Å². The molecule has 0 atom stereocenters. The quantitative estimate of drug-likeness (QED) is 0.395. The molecule has 0 aliphatic rings. The Morgan fingerprint density at radius 3 is 1.89 bits per heavy atom. The highest BCUT2D eigenvalue weighted by Crippen LogP contribution is 2.30. The molecule has 0 N–H and O–H groups in total. The van der Waals surface area contributed by atoms with E-state index >= 15 is 0 Å². The summed E-state index contributed by atoms with van der Waals surface area (Å²) in [5, 5.41) is 0. The van der Waals surface area contributed by atoms with Gasteiger partial charge in [0.2, 0.25) is 0 Å². The summed E-state index contributed by atoms with van der Waals surface area (Å²) in [5.41, 5.74) is 3.48. The molecule has 0 amide bonds. The molecule has 0 radical (unpaired) electrons. The molecule has 0 heterocycles. The van der Waals surface area contributed by atoms with Crippen molar-refractivity contribution in [2.24, 2.45) is 0 Å². The Morgan fingerprint density at radius 1 is 0.852 bits per heavy atom. The van der Waals surface area contributed by atoms with Crippen LogP contribution in [0.15, 0.2) is 72.8 Å². The molecule has 0 unspecified atom stereocenters. The van der Waals surface area contributed by atoms with Crippen molar-refractivity contribution in [2.45, 2.75) is 20.8 Å². The SMILES string of the molecule is C=C(C)C(=O)Oc1ccc(-c2ccc(OC(=O)C(=C)C)cc2/C=C/C)cc1. The third-order valence-electron chi connectivity index (χ3n) is 3.65. The van der Waals surface area contributed by atoms with Gasteiger partial charge in [0.25, 0.3) is 0 Å². The zero-order chi connectivity index (χ0) is 20.0. The predicted molar refractivity (Wildman–Crippen MR) is 107 cm³/mol. The van der Waals surface area contributed by atoms with Gasteiger partial charge in [-0.05, 0) is 61.7 Å². The minimum atomic E-state index is -0.460. The van der Waals surface area contributed by atoms with E-state index in [1.165, 1.54) is 0 Å². The molecule has 2 aromatic carbocycles. The molecule has 0 saturated carbocycles. The highest BCUT2D eigenvalue weighted by atomic mass is 16.5. The Hall–Kier alpha value is -3.40. The zero-order valence-electron chi connectivity index (χ0n) is 15.7. The van der Waals surface area contributed by atoms with Gasteiger partial charge in [-0.25, -0.2) is 9.59 Å². The van der Waals surface area contributed by atoms with E-state index in [-0.39, 0.29) is 0 Å². The molecule has 138 valence electrons. The van der Waals surface area contributed by atoms with Crippen molar-refractivity contribution in [1.82, 2.24) is 0 Å². The summed E-state index contributed by atoms with van der Waals surface area (Å²) < 4.78 is 10.5. The number of carbonyl (C=O) groups is 2. The Morgan fingerprint density at radius 2 is 1.37 bits per heavy atom. The number of ether oxygens (including phenoxy) is 2. The van der Waals surface area contributed by atoms with Gasteiger partial charge < -0.3 is 9.47 Å². The lowest BCUT2D eigenvalue weighted by Crippen LogP contribution is -2.08. The van der Waals surface area contributed by atoms with Gasteiger partial charge in [-0.1, -0.05) is 43.5 Å². The third-order valence-corrected chi connectivity index (χ3v) is 3.65. The van der Waals surface area contributed by atoms with Gasteiger partial charge in [0.1, 0.15) is 11.5 Å². The van der Waals surface area contributed by atoms with Crippen LogP contribution in [0, 0.1) is 0 Å². The number of esters is 2. The molecular formula is C23H22O4. The number of allylic oxidation sites excluding steroid dienone is 1. The van der Waals surface area contributed by atoms with Crippen molar-refractivity contribution >= 4 is 18.0 Å². The molecule has 0 aliphatic carbocycles. The van der Waals surface area contributed by atoms with E-state index < -0.39 is 11.9 Å². The molecule has 0 saturated heterocycles. The Labute approximate surface area is 159 Å². The maximum atomic E-state index is 11.7. The fraction of sp³-hybridized carbons (Fsp3) is 0.130. The van der Waals surface area contributed by atoms with Crippen LogP contribution in [0.1, 0.15) is 26.3 Å². The summed E-state index contributed by atoms with van der Waals surface area (Å²) in [5.74, 6) is -0.0166. The second-order valence-corrected chi connectivity index (χ2v) is 6.11. The van der Waals surface area contributed by atoms with Gasteiger partial charge in [0, 0.05) is 11.1 Å². The first-order valence-corrected chi connectivity index (χ1v) is 8.44. The van der Waals surface area contributed by atoms with Crippen molar-refractivity contribution in [3.63, 3.8) is 0 Å². The first-order chi connectivity index (χ1) is 12.8. The van der Waals surface area contributed by atoms with Crippen molar-refractivity contribution in [1.29, 1.82) is 0 Å². The van der Waals surface area contributed by atoms with E-state index in [2.05, 4.69) is 13.2 Å². The van der Waals surface area contributed by atoms with E-state index in [4.69, 9.17) is 9.47 Å². The molecule has 2 rings (SSSR count). The lowest BCUT2D eigenvalue weighted by molar-refractivity contribution is -0.130. The van der Waals surface area contributed by atoms with Crippen LogP contribution in [0.5, 0.6) is 11.5 Å². The number of carbonyl (C=O) groups excluding carboxylic acids is 2. The van der Waals surface area contributed by atoms with E-state index in [1.54, 1.807) is 38.1 Å². The first-order valence-electron chi connectivity index (χ1n) is 8.44. The maximum absolute atomic E-state index is 11.7. The second kappa shape index (κ2) is 8.81. The minimum absolute atomic E-state index is 0.339. The lowest BCUT2D eigenvalue weighted by atomic mass is 9.99. The molecule has 0 spiro atoms. The van der Waals surface area contributed by atoms with Crippen LogP contribution in [0.4, 0.5) is 0 Å². The lowest BCUT2D eigenvalue weighted by Gasteiger charge is -2.11. The van der Waals surface area contributed by atoms with Crippen LogP contribution in [-0.4, -0.2) is 11.9 Å². The molecule has 0 aromatic heterocycles. The summed E-state index contributed by atoms with van der Waals surface area (Å²) in [4.78, 5) is 23.3. The van der Waals surface area contributed by atoms with Gasteiger partial charge in [-0.2, -0.15) is 0 Å². The van der Waals surface area contributed by atoms with Crippen LogP contribution in [0.25, 0.3) is 17.2 Å². The Kier molecular flexibility index (Phi) is 6.50. The molecule has 0 bridgehead atoms. The highest BCUT2D eigenvalue weighted by molar-refractivity contribution is 5.89. The summed E-state index contributed by atoms with van der Waals surface area (Å²) in [7, 11) is 0. The van der Waals surface area contributed by atoms with Crippen LogP contribution >= 0.6 is 0 Å². The fourth-order valence-electron chi connectivity index (χ4n) is 2.28. The Bertz CT molecular complexity index is 918. The van der Waals surface area contributed by atoms with Crippen LogP contribution in [-0.2, 0) is 9.59 Å². The molecule has 0 fully saturated rings. The zero-order valence-corrected chi connectivity index (χ0v) is 15.7. The summed E-state index contributed by atoms with van der Waals surface area (Å²) in [6.07, 6.45) is 3.84. The summed E-state index contributed by atoms with van der Waals surface area (Å²) >= 11 is 0. The Balaban J connectivity index is 2.31. The standard InChI is InChI=1S/C23H22O4/c1-6-7-18-14-20(27-23(25)16(4)5)12-13-21(18)17-8-10-19(11-9-17)26-22(24)15(2)3/h6-14H,2,4H2,1,3,5H3/b7-6+. The maximum Gasteiger partial charge on any atom is 0.338 e. The highest BCUT2D eigenvalue weighted by Gasteiger charge is 2.10. The van der Waals surface area contributed by atoms with Crippen molar-refractivity contribution in [3.8, 4) is 22.6 Å². The third kappa shape index (κ3) is 5.28. The van der Waals surface area contributed by atoms with E-state index in [9.17, 15) is 9.59 Å². The minimum Gasteiger partial charge on any atom is -0.423 e. The van der Waals surface area contributed by atoms with E-state index in [0.29, 0.717) is 22.6 Å².